The number of hydrogen-bond acceptors (Lipinski definition) is 4. The SMILES string of the molecule is Cc1cccc(OCC(=O)NNC(=O)c2ccc(SC(F)F)cc2)c1. The van der Waals surface area contributed by atoms with Gasteiger partial charge in [-0.25, -0.2) is 0 Å². The summed E-state index contributed by atoms with van der Waals surface area (Å²) in [5.74, 6) is -3.06. The number of hydrazine groups is 1. The average Bonchev–Trinajstić information content (AvgIpc) is 2.58. The van der Waals surface area contributed by atoms with Crippen LogP contribution in [0.4, 0.5) is 8.78 Å². The number of thioether (sulfide) groups is 1. The van der Waals surface area contributed by atoms with Gasteiger partial charge in [-0.1, -0.05) is 23.9 Å². The molecule has 0 unspecified atom stereocenters. The highest BCUT2D eigenvalue weighted by atomic mass is 32.2. The Balaban J connectivity index is 1.78. The highest BCUT2D eigenvalue weighted by Crippen LogP contribution is 2.25. The van der Waals surface area contributed by atoms with Crippen molar-refractivity contribution in [3.05, 3.63) is 59.7 Å². The zero-order valence-electron chi connectivity index (χ0n) is 13.3. The molecule has 2 aromatic rings. The van der Waals surface area contributed by atoms with Crippen molar-refractivity contribution in [2.24, 2.45) is 0 Å². The molecule has 0 bridgehead atoms. The molecule has 0 aromatic heterocycles. The summed E-state index contributed by atoms with van der Waals surface area (Å²) in [6, 6.07) is 12.8. The molecule has 0 saturated carbocycles. The fourth-order valence-corrected chi connectivity index (χ4v) is 2.38. The van der Waals surface area contributed by atoms with E-state index in [-0.39, 0.29) is 12.2 Å². The number of carbonyl (C=O) groups is 2. The lowest BCUT2D eigenvalue weighted by Gasteiger charge is -2.09. The molecule has 0 spiro atoms. The average molecular weight is 366 g/mol. The number of halogens is 2. The van der Waals surface area contributed by atoms with Crippen LogP contribution in [0.1, 0.15) is 15.9 Å². The van der Waals surface area contributed by atoms with Gasteiger partial charge in [0.2, 0.25) is 0 Å². The van der Waals surface area contributed by atoms with Crippen LogP contribution in [0, 0.1) is 6.92 Å². The minimum absolute atomic E-state index is 0.235. The maximum atomic E-state index is 12.2. The van der Waals surface area contributed by atoms with E-state index in [1.165, 1.54) is 24.3 Å². The Kier molecular flexibility index (Phi) is 6.76. The highest BCUT2D eigenvalue weighted by molar-refractivity contribution is 7.99. The molecule has 25 heavy (non-hydrogen) atoms. The van der Waals surface area contributed by atoms with E-state index in [9.17, 15) is 18.4 Å². The largest absolute Gasteiger partial charge is 0.484 e. The van der Waals surface area contributed by atoms with Gasteiger partial charge in [-0.2, -0.15) is 8.78 Å². The monoisotopic (exact) mass is 366 g/mol. The van der Waals surface area contributed by atoms with Gasteiger partial charge in [0.15, 0.2) is 6.61 Å². The number of rotatable bonds is 6. The van der Waals surface area contributed by atoms with Gasteiger partial charge in [-0.3, -0.25) is 20.4 Å². The summed E-state index contributed by atoms with van der Waals surface area (Å²) < 4.78 is 29.8. The first kappa shape index (κ1) is 18.7. The minimum Gasteiger partial charge on any atom is -0.484 e. The van der Waals surface area contributed by atoms with Gasteiger partial charge in [-0.15, -0.1) is 0 Å². The molecule has 5 nitrogen and oxygen atoms in total. The van der Waals surface area contributed by atoms with Gasteiger partial charge in [0.05, 0.1) is 0 Å². The molecule has 0 saturated heterocycles. The number of benzene rings is 2. The van der Waals surface area contributed by atoms with Crippen molar-refractivity contribution in [3.63, 3.8) is 0 Å². The Bertz CT molecular complexity index is 739. The van der Waals surface area contributed by atoms with Crippen molar-refractivity contribution in [1.82, 2.24) is 10.9 Å². The van der Waals surface area contributed by atoms with Crippen molar-refractivity contribution in [1.29, 1.82) is 0 Å². The molecule has 2 aromatic carbocycles. The third-order valence-corrected chi connectivity index (χ3v) is 3.74. The van der Waals surface area contributed by atoms with E-state index < -0.39 is 17.6 Å². The molecule has 2 N–H and O–H groups in total. The Labute approximate surface area is 147 Å². The standard InChI is InChI=1S/C17H16F2N2O3S/c1-11-3-2-4-13(9-11)24-10-15(22)20-21-16(23)12-5-7-14(8-6-12)25-17(18)19/h2-9,17H,10H2,1H3,(H,20,22)(H,21,23). The summed E-state index contributed by atoms with van der Waals surface area (Å²) in [4.78, 5) is 23.9. The summed E-state index contributed by atoms with van der Waals surface area (Å²) in [5.41, 5.74) is 5.69. The predicted molar refractivity (Wildman–Crippen MR) is 90.6 cm³/mol. The smallest absolute Gasteiger partial charge is 0.288 e. The summed E-state index contributed by atoms with van der Waals surface area (Å²) in [5, 5.41) is 0. The number of carbonyl (C=O) groups excluding carboxylic acids is 2. The van der Waals surface area contributed by atoms with Crippen LogP contribution in [-0.2, 0) is 4.79 Å². The Morgan fingerprint density at radius 2 is 1.84 bits per heavy atom. The second-order valence-corrected chi connectivity index (χ2v) is 6.07. The zero-order valence-corrected chi connectivity index (χ0v) is 14.1. The van der Waals surface area contributed by atoms with E-state index in [0.717, 1.165) is 5.56 Å². The summed E-state index contributed by atoms with van der Waals surface area (Å²) in [7, 11) is 0. The van der Waals surface area contributed by atoms with Gasteiger partial charge < -0.3 is 4.74 Å². The van der Waals surface area contributed by atoms with E-state index >= 15 is 0 Å². The Hall–Kier alpha value is -2.61. The molecule has 2 amide bonds. The van der Waals surface area contributed by atoms with Crippen molar-refractivity contribution in [3.8, 4) is 5.75 Å². The third-order valence-electron chi connectivity index (χ3n) is 3.02. The molecule has 0 aliphatic rings. The number of alkyl halides is 2. The molecular weight excluding hydrogens is 350 g/mol. The predicted octanol–water partition coefficient (Wildman–Crippen LogP) is 3.15. The molecule has 0 atom stereocenters. The second kappa shape index (κ2) is 9.03. The van der Waals surface area contributed by atoms with Crippen LogP contribution in [0.15, 0.2) is 53.4 Å². The van der Waals surface area contributed by atoms with Gasteiger partial charge in [0, 0.05) is 10.5 Å². The van der Waals surface area contributed by atoms with Crippen LogP contribution in [0.25, 0.3) is 0 Å². The maximum Gasteiger partial charge on any atom is 0.288 e. The maximum absolute atomic E-state index is 12.2. The molecular formula is C17H16F2N2O3S. The topological polar surface area (TPSA) is 67.4 Å². The molecule has 0 aliphatic carbocycles. The molecule has 0 aliphatic heterocycles. The van der Waals surface area contributed by atoms with Crippen LogP contribution < -0.4 is 15.6 Å². The number of aryl methyl sites for hydroxylation is 1. The first-order valence-electron chi connectivity index (χ1n) is 7.27. The van der Waals surface area contributed by atoms with Gasteiger partial charge in [-0.05, 0) is 48.9 Å². The Morgan fingerprint density at radius 1 is 1.12 bits per heavy atom. The third kappa shape index (κ3) is 6.42. The zero-order chi connectivity index (χ0) is 18.2. The van der Waals surface area contributed by atoms with E-state index in [1.807, 2.05) is 13.0 Å². The second-order valence-electron chi connectivity index (χ2n) is 5.01. The number of amides is 2. The lowest BCUT2D eigenvalue weighted by Crippen LogP contribution is -2.43. The fourth-order valence-electron chi connectivity index (χ4n) is 1.88. The van der Waals surface area contributed by atoms with E-state index in [4.69, 9.17) is 4.74 Å². The minimum atomic E-state index is -2.52. The number of nitrogens with one attached hydrogen (secondary N) is 2. The van der Waals surface area contributed by atoms with Crippen molar-refractivity contribution >= 4 is 23.6 Å². The summed E-state index contributed by atoms with van der Waals surface area (Å²) in [6.45, 7) is 1.64. The first-order valence-corrected chi connectivity index (χ1v) is 8.15. The fraction of sp³-hybridized carbons (Fsp3) is 0.176. The molecule has 2 rings (SSSR count). The lowest BCUT2D eigenvalue weighted by molar-refractivity contribution is -0.123. The Morgan fingerprint density at radius 3 is 2.48 bits per heavy atom. The van der Waals surface area contributed by atoms with Gasteiger partial charge in [0.25, 0.3) is 17.6 Å². The normalized spacial score (nSPS) is 10.4. The molecule has 8 heteroatoms. The van der Waals surface area contributed by atoms with E-state index in [1.54, 1.807) is 18.2 Å². The van der Waals surface area contributed by atoms with Gasteiger partial charge >= 0.3 is 0 Å². The summed E-state index contributed by atoms with van der Waals surface area (Å²) >= 11 is 0.391. The van der Waals surface area contributed by atoms with E-state index in [2.05, 4.69) is 10.9 Å². The van der Waals surface area contributed by atoms with Crippen LogP contribution in [0.2, 0.25) is 0 Å². The van der Waals surface area contributed by atoms with Crippen molar-refractivity contribution in [2.75, 3.05) is 6.61 Å². The van der Waals surface area contributed by atoms with Crippen LogP contribution in [-0.4, -0.2) is 24.2 Å². The van der Waals surface area contributed by atoms with Crippen LogP contribution >= 0.6 is 11.8 Å². The number of ether oxygens (including phenoxy) is 1. The van der Waals surface area contributed by atoms with Crippen LogP contribution in [0.3, 0.4) is 0 Å². The highest BCUT2D eigenvalue weighted by Gasteiger charge is 2.10. The molecule has 0 heterocycles. The van der Waals surface area contributed by atoms with Crippen LogP contribution in [0.5, 0.6) is 5.75 Å². The molecule has 0 radical (unpaired) electrons. The molecule has 132 valence electrons. The quantitative estimate of drug-likeness (QED) is 0.609. The van der Waals surface area contributed by atoms with Crippen molar-refractivity contribution < 1.29 is 23.1 Å². The van der Waals surface area contributed by atoms with Crippen molar-refractivity contribution in [2.45, 2.75) is 17.6 Å². The molecule has 0 fully saturated rings. The lowest BCUT2D eigenvalue weighted by atomic mass is 10.2. The first-order chi connectivity index (χ1) is 11.9. The van der Waals surface area contributed by atoms with E-state index in [0.29, 0.717) is 22.4 Å². The van der Waals surface area contributed by atoms with Gasteiger partial charge in [0.1, 0.15) is 5.75 Å². The summed E-state index contributed by atoms with van der Waals surface area (Å²) in [6.07, 6.45) is 0. The number of hydrogen-bond donors (Lipinski definition) is 2.